The smallest absolute Gasteiger partial charge is 0.254 e. The van der Waals surface area contributed by atoms with Gasteiger partial charge in [-0.25, -0.2) is 4.98 Å². The quantitative estimate of drug-likeness (QED) is 0.450. The molecule has 10 nitrogen and oxygen atoms in total. The van der Waals surface area contributed by atoms with Crippen LogP contribution in [0.25, 0.3) is 10.9 Å². The number of amides is 2. The molecule has 1 atom stereocenters. The molecule has 152 valence electrons. The van der Waals surface area contributed by atoms with Crippen LogP contribution in [-0.4, -0.2) is 37.6 Å². The number of primary amides is 2. The molecule has 2 heterocycles. The first-order valence-electron chi connectivity index (χ1n) is 9.16. The van der Waals surface area contributed by atoms with Gasteiger partial charge in [0.05, 0.1) is 17.4 Å². The molecule has 29 heavy (non-hydrogen) atoms. The number of aryl methyl sites for hydroxylation is 1. The zero-order valence-electron chi connectivity index (χ0n) is 16.5. The van der Waals surface area contributed by atoms with Gasteiger partial charge in [-0.3, -0.25) is 14.3 Å². The molecule has 0 aliphatic rings. The molecule has 3 rings (SSSR count). The molecule has 0 aliphatic heterocycles. The first kappa shape index (κ1) is 20.1. The second-order valence-corrected chi connectivity index (χ2v) is 7.18. The van der Waals surface area contributed by atoms with Crippen LogP contribution < -0.4 is 22.1 Å². The summed E-state index contributed by atoms with van der Waals surface area (Å²) in [6.07, 6.45) is 3.55. The van der Waals surface area contributed by atoms with Crippen LogP contribution in [0.2, 0.25) is 0 Å². The van der Waals surface area contributed by atoms with Crippen molar-refractivity contribution < 1.29 is 9.59 Å². The van der Waals surface area contributed by atoms with Crippen molar-refractivity contribution in [3.8, 4) is 0 Å². The fourth-order valence-corrected chi connectivity index (χ4v) is 3.01. The van der Waals surface area contributed by atoms with E-state index in [1.54, 1.807) is 10.9 Å². The van der Waals surface area contributed by atoms with Crippen molar-refractivity contribution in [2.75, 3.05) is 10.6 Å². The van der Waals surface area contributed by atoms with Crippen LogP contribution in [0.3, 0.4) is 0 Å². The Morgan fingerprint density at radius 3 is 2.62 bits per heavy atom. The van der Waals surface area contributed by atoms with Crippen LogP contribution in [0.15, 0.2) is 30.6 Å². The molecular weight excluding hydrogens is 372 g/mol. The fourth-order valence-electron chi connectivity index (χ4n) is 3.01. The summed E-state index contributed by atoms with van der Waals surface area (Å²) in [7, 11) is 1.84. The molecule has 1 unspecified atom stereocenters. The number of nitrogens with zero attached hydrogens (tertiary/aromatic N) is 4. The third kappa shape index (κ3) is 4.42. The summed E-state index contributed by atoms with van der Waals surface area (Å²) >= 11 is 0. The van der Waals surface area contributed by atoms with Gasteiger partial charge in [-0.15, -0.1) is 0 Å². The molecule has 0 radical (unpaired) electrons. The van der Waals surface area contributed by atoms with E-state index < -0.39 is 17.9 Å². The Morgan fingerprint density at radius 2 is 1.97 bits per heavy atom. The Hall–Kier alpha value is -3.69. The number of hydrogen-bond acceptors (Lipinski definition) is 7. The number of aromatic nitrogens is 4. The summed E-state index contributed by atoms with van der Waals surface area (Å²) in [4.78, 5) is 32.1. The number of anilines is 3. The minimum atomic E-state index is -0.675. The van der Waals surface area contributed by atoms with Crippen molar-refractivity contribution in [1.29, 1.82) is 0 Å². The first-order chi connectivity index (χ1) is 13.8. The lowest BCUT2D eigenvalue weighted by atomic mass is 10.0. The minimum Gasteiger partial charge on any atom is -0.368 e. The molecule has 0 fully saturated rings. The summed E-state index contributed by atoms with van der Waals surface area (Å²) in [5.74, 6) is -0.549. The normalized spacial score (nSPS) is 12.1. The van der Waals surface area contributed by atoms with E-state index in [-0.39, 0.29) is 23.2 Å². The molecule has 1 aromatic carbocycles. The van der Waals surface area contributed by atoms with Crippen LogP contribution >= 0.6 is 0 Å². The highest BCUT2D eigenvalue weighted by atomic mass is 16.1. The summed E-state index contributed by atoms with van der Waals surface area (Å²) in [5, 5.41) is 11.2. The average molecular weight is 396 g/mol. The molecule has 10 heteroatoms. The zero-order chi connectivity index (χ0) is 21.1. The van der Waals surface area contributed by atoms with E-state index in [1.807, 2.05) is 39.1 Å². The molecule has 6 N–H and O–H groups in total. The monoisotopic (exact) mass is 396 g/mol. The standard InChI is InChI=1S/C19H24N8O2/c1-10(2)7-14(17(21)29)25-19-22-8-12(16(20)28)18(26-19)24-13-5-4-6-15-11(13)9-23-27(15)3/h4-6,8-10,14H,7H2,1-3H3,(H2,20,28)(H2,21,29)(H2,22,24,25,26). The van der Waals surface area contributed by atoms with Gasteiger partial charge in [-0.2, -0.15) is 10.1 Å². The molecule has 2 amide bonds. The third-order valence-electron chi connectivity index (χ3n) is 4.45. The Balaban J connectivity index is 1.97. The number of nitrogens with one attached hydrogen (secondary N) is 2. The zero-order valence-corrected chi connectivity index (χ0v) is 16.5. The molecule has 3 aromatic rings. The van der Waals surface area contributed by atoms with Gasteiger partial charge in [-0.05, 0) is 24.5 Å². The molecule has 0 spiro atoms. The van der Waals surface area contributed by atoms with Crippen molar-refractivity contribution in [3.05, 3.63) is 36.2 Å². The Bertz CT molecular complexity index is 1060. The summed E-state index contributed by atoms with van der Waals surface area (Å²) in [6, 6.07) is 5.00. The molecule has 2 aromatic heterocycles. The lowest BCUT2D eigenvalue weighted by Gasteiger charge is -2.18. The first-order valence-corrected chi connectivity index (χ1v) is 9.16. The number of carbonyl (C=O) groups is 2. The van der Waals surface area contributed by atoms with Crippen molar-refractivity contribution in [1.82, 2.24) is 19.7 Å². The van der Waals surface area contributed by atoms with Gasteiger partial charge in [0.15, 0.2) is 0 Å². The lowest BCUT2D eigenvalue weighted by Crippen LogP contribution is -2.37. The van der Waals surface area contributed by atoms with Gasteiger partial charge in [0, 0.05) is 18.6 Å². The highest BCUT2D eigenvalue weighted by molar-refractivity contribution is 6.00. The highest BCUT2D eigenvalue weighted by Gasteiger charge is 2.20. The maximum Gasteiger partial charge on any atom is 0.254 e. The van der Waals surface area contributed by atoms with Gasteiger partial charge >= 0.3 is 0 Å². The number of hydrogen-bond donors (Lipinski definition) is 4. The minimum absolute atomic E-state index is 0.121. The predicted octanol–water partition coefficient (Wildman–Crippen LogP) is 1.52. The number of fused-ring (bicyclic) bond motifs is 1. The van der Waals surface area contributed by atoms with Crippen molar-refractivity contribution in [2.45, 2.75) is 26.3 Å². The maximum absolute atomic E-state index is 11.9. The van der Waals surface area contributed by atoms with Crippen LogP contribution in [0.4, 0.5) is 17.5 Å². The summed E-state index contributed by atoms with van der Waals surface area (Å²) in [5.41, 5.74) is 12.7. The topological polar surface area (TPSA) is 154 Å². The van der Waals surface area contributed by atoms with E-state index in [0.29, 0.717) is 12.1 Å². The largest absolute Gasteiger partial charge is 0.368 e. The SMILES string of the molecule is CC(C)CC(Nc1ncc(C(N)=O)c(Nc2cccc3c2cnn3C)n1)C(N)=O. The molecular formula is C19H24N8O2. The van der Waals surface area contributed by atoms with Crippen LogP contribution in [0.1, 0.15) is 30.6 Å². The van der Waals surface area contributed by atoms with E-state index in [2.05, 4.69) is 25.7 Å². The Labute approximate surface area is 167 Å². The van der Waals surface area contributed by atoms with Crippen molar-refractivity contribution in [2.24, 2.45) is 24.4 Å². The summed E-state index contributed by atoms with van der Waals surface area (Å²) < 4.78 is 1.74. The molecule has 0 bridgehead atoms. The van der Waals surface area contributed by atoms with E-state index in [9.17, 15) is 9.59 Å². The Kier molecular flexibility index (Phi) is 5.62. The second kappa shape index (κ2) is 8.13. The maximum atomic E-state index is 11.9. The van der Waals surface area contributed by atoms with E-state index in [0.717, 1.165) is 10.9 Å². The average Bonchev–Trinajstić information content (AvgIpc) is 3.03. The van der Waals surface area contributed by atoms with Gasteiger partial charge in [0.1, 0.15) is 17.4 Å². The van der Waals surface area contributed by atoms with Crippen molar-refractivity contribution >= 4 is 40.2 Å². The number of benzene rings is 1. The highest BCUT2D eigenvalue weighted by Crippen LogP contribution is 2.27. The number of carbonyl (C=O) groups excluding carboxylic acids is 2. The fraction of sp³-hybridized carbons (Fsp3) is 0.316. The number of nitrogens with two attached hydrogens (primary N) is 2. The summed E-state index contributed by atoms with van der Waals surface area (Å²) in [6.45, 7) is 3.96. The van der Waals surface area contributed by atoms with Crippen LogP contribution in [0, 0.1) is 5.92 Å². The van der Waals surface area contributed by atoms with Gasteiger partial charge in [0.2, 0.25) is 11.9 Å². The molecule has 0 saturated carbocycles. The van der Waals surface area contributed by atoms with Gasteiger partial charge in [0.25, 0.3) is 5.91 Å². The predicted molar refractivity (Wildman–Crippen MR) is 111 cm³/mol. The Morgan fingerprint density at radius 1 is 1.21 bits per heavy atom. The van der Waals surface area contributed by atoms with Crippen molar-refractivity contribution in [3.63, 3.8) is 0 Å². The van der Waals surface area contributed by atoms with E-state index in [4.69, 9.17) is 11.5 Å². The lowest BCUT2D eigenvalue weighted by molar-refractivity contribution is -0.119. The van der Waals surface area contributed by atoms with E-state index >= 15 is 0 Å². The van der Waals surface area contributed by atoms with E-state index in [1.165, 1.54) is 6.20 Å². The molecule has 0 aliphatic carbocycles. The molecule has 0 saturated heterocycles. The number of rotatable bonds is 8. The van der Waals surface area contributed by atoms with Crippen LogP contribution in [0.5, 0.6) is 0 Å². The third-order valence-corrected chi connectivity index (χ3v) is 4.45. The van der Waals surface area contributed by atoms with Crippen LogP contribution in [-0.2, 0) is 11.8 Å². The second-order valence-electron chi connectivity index (χ2n) is 7.18. The van der Waals surface area contributed by atoms with Gasteiger partial charge in [-0.1, -0.05) is 19.9 Å². The van der Waals surface area contributed by atoms with Gasteiger partial charge < -0.3 is 22.1 Å².